The Bertz CT molecular complexity index is 1090. The van der Waals surface area contributed by atoms with Crippen LogP contribution >= 0.6 is 0 Å². The quantitative estimate of drug-likeness (QED) is 0.544. The fraction of sp³-hybridized carbons (Fsp3) is 0.235. The fourth-order valence-corrected chi connectivity index (χ4v) is 4.32. The molecule has 0 radical (unpaired) electrons. The van der Waals surface area contributed by atoms with Crippen molar-refractivity contribution in [1.29, 1.82) is 0 Å². The minimum absolute atomic E-state index is 0.131. The molecule has 3 aromatic rings. The van der Waals surface area contributed by atoms with Crippen LogP contribution in [0, 0.1) is 10.1 Å². The summed E-state index contributed by atoms with van der Waals surface area (Å²) in [6.45, 7) is 0. The van der Waals surface area contributed by atoms with Crippen LogP contribution in [0.4, 0.5) is 11.4 Å². The van der Waals surface area contributed by atoms with Crippen molar-refractivity contribution < 1.29 is 13.3 Å². The van der Waals surface area contributed by atoms with Gasteiger partial charge in [-0.15, -0.1) is 0 Å². The van der Waals surface area contributed by atoms with Crippen molar-refractivity contribution in [2.45, 2.75) is 30.2 Å². The van der Waals surface area contributed by atoms with E-state index in [1.165, 1.54) is 18.3 Å². The van der Waals surface area contributed by atoms with E-state index >= 15 is 0 Å². The highest BCUT2D eigenvalue weighted by atomic mass is 32.2. The summed E-state index contributed by atoms with van der Waals surface area (Å²) in [7, 11) is -3.84. The lowest BCUT2D eigenvalue weighted by atomic mass is 9.93. The molecule has 0 saturated heterocycles. The van der Waals surface area contributed by atoms with Gasteiger partial charge in [0.15, 0.2) is 5.65 Å². The van der Waals surface area contributed by atoms with Gasteiger partial charge in [0, 0.05) is 12.2 Å². The Balaban J connectivity index is 1.89. The largest absolute Gasteiger partial charge is 0.376 e. The van der Waals surface area contributed by atoms with Crippen molar-refractivity contribution in [3.63, 3.8) is 0 Å². The van der Waals surface area contributed by atoms with Crippen molar-refractivity contribution in [3.05, 3.63) is 58.9 Å². The van der Waals surface area contributed by atoms with Crippen LogP contribution in [0.2, 0.25) is 0 Å². The van der Waals surface area contributed by atoms with Crippen molar-refractivity contribution in [2.75, 3.05) is 5.32 Å². The monoisotopic (exact) mass is 372 g/mol. The third-order valence-corrected chi connectivity index (χ3v) is 6.29. The number of anilines is 1. The number of fused-ring (bicyclic) bond motifs is 1. The van der Waals surface area contributed by atoms with Crippen LogP contribution in [0.3, 0.4) is 0 Å². The Morgan fingerprint density at radius 2 is 1.92 bits per heavy atom. The number of pyridine rings is 1. The van der Waals surface area contributed by atoms with Gasteiger partial charge in [-0.2, -0.15) is 0 Å². The second-order valence-electron chi connectivity index (χ2n) is 6.21. The van der Waals surface area contributed by atoms with Gasteiger partial charge < -0.3 is 5.32 Å². The lowest BCUT2D eigenvalue weighted by Gasteiger charge is -2.27. The molecule has 26 heavy (non-hydrogen) atoms. The molecule has 1 aliphatic rings. The number of nitro groups is 1. The van der Waals surface area contributed by atoms with Crippen LogP contribution in [0.1, 0.15) is 19.3 Å². The summed E-state index contributed by atoms with van der Waals surface area (Å²) >= 11 is 0. The molecule has 0 spiro atoms. The maximum absolute atomic E-state index is 12.9. The number of nitrogens with one attached hydrogen (secondary N) is 1. The average Bonchev–Trinajstić information content (AvgIpc) is 3.03. The second-order valence-corrected chi connectivity index (χ2v) is 8.03. The number of rotatable bonds is 5. The van der Waals surface area contributed by atoms with E-state index < -0.39 is 14.9 Å². The fourth-order valence-electron chi connectivity index (χ4n) is 3.00. The Hall–Kier alpha value is -2.94. The number of hydrogen-bond acceptors (Lipinski definition) is 6. The maximum Gasteiger partial charge on any atom is 0.311 e. The van der Waals surface area contributed by atoms with Gasteiger partial charge in [0.25, 0.3) is 10.0 Å². The third kappa shape index (κ3) is 2.60. The van der Waals surface area contributed by atoms with E-state index in [4.69, 9.17) is 0 Å². The normalized spacial score (nSPS) is 14.9. The third-order valence-electron chi connectivity index (χ3n) is 4.61. The topological polar surface area (TPSA) is 107 Å². The van der Waals surface area contributed by atoms with Crippen LogP contribution in [-0.4, -0.2) is 28.3 Å². The van der Waals surface area contributed by atoms with Gasteiger partial charge >= 0.3 is 5.69 Å². The van der Waals surface area contributed by atoms with E-state index in [1.54, 1.807) is 24.3 Å². The van der Waals surface area contributed by atoms with Crippen molar-refractivity contribution in [2.24, 2.45) is 0 Å². The lowest BCUT2D eigenvalue weighted by molar-refractivity contribution is -0.384. The van der Waals surface area contributed by atoms with Crippen molar-refractivity contribution >= 4 is 32.4 Å². The molecular formula is C17H16N4O4S. The molecule has 1 N–H and O–H groups in total. The first kappa shape index (κ1) is 16.5. The Morgan fingerprint density at radius 3 is 2.54 bits per heavy atom. The average molecular weight is 372 g/mol. The minimum atomic E-state index is -3.84. The molecular weight excluding hydrogens is 356 g/mol. The molecule has 2 heterocycles. The van der Waals surface area contributed by atoms with Gasteiger partial charge in [0.2, 0.25) is 0 Å². The predicted octanol–water partition coefficient (Wildman–Crippen LogP) is 3.15. The van der Waals surface area contributed by atoms with E-state index in [2.05, 4.69) is 10.3 Å². The van der Waals surface area contributed by atoms with Crippen LogP contribution in [-0.2, 0) is 10.0 Å². The highest BCUT2D eigenvalue weighted by Crippen LogP contribution is 2.36. The van der Waals surface area contributed by atoms with Gasteiger partial charge in [-0.3, -0.25) is 10.1 Å². The van der Waals surface area contributed by atoms with Gasteiger partial charge in [-0.25, -0.2) is 17.4 Å². The maximum atomic E-state index is 12.9. The van der Waals surface area contributed by atoms with Gasteiger partial charge in [-0.1, -0.05) is 18.2 Å². The van der Waals surface area contributed by atoms with Crippen LogP contribution in [0.25, 0.3) is 11.0 Å². The number of hydrogen-bond donors (Lipinski definition) is 1. The number of aromatic nitrogens is 2. The molecule has 0 bridgehead atoms. The summed E-state index contributed by atoms with van der Waals surface area (Å²) in [5, 5.41) is 15.0. The molecule has 4 rings (SSSR count). The summed E-state index contributed by atoms with van der Waals surface area (Å²) in [5.41, 5.74) is 0.340. The zero-order chi connectivity index (χ0) is 18.3. The standard InChI is InChI=1S/C17H16N4O4S/c22-21(23)15-11-18-17-14(16(15)19-12-5-4-6-12)9-10-20(17)26(24,25)13-7-2-1-3-8-13/h1-3,7-12H,4-6H2,(H,18,19). The minimum Gasteiger partial charge on any atom is -0.376 e. The summed E-state index contributed by atoms with van der Waals surface area (Å²) < 4.78 is 26.9. The smallest absolute Gasteiger partial charge is 0.311 e. The highest BCUT2D eigenvalue weighted by Gasteiger charge is 2.27. The molecule has 9 heteroatoms. The zero-order valence-electron chi connectivity index (χ0n) is 13.7. The first-order chi connectivity index (χ1) is 12.5. The number of nitrogens with zero attached hydrogens (tertiary/aromatic N) is 3. The van der Waals surface area contributed by atoms with Crippen LogP contribution < -0.4 is 5.32 Å². The Kier molecular flexibility index (Phi) is 3.87. The van der Waals surface area contributed by atoms with Crippen molar-refractivity contribution in [1.82, 2.24) is 8.96 Å². The first-order valence-electron chi connectivity index (χ1n) is 8.20. The second kappa shape index (κ2) is 6.10. The molecule has 1 aliphatic carbocycles. The van der Waals surface area contributed by atoms with E-state index in [-0.39, 0.29) is 22.3 Å². The molecule has 1 saturated carbocycles. The summed E-state index contributed by atoms with van der Waals surface area (Å²) in [6, 6.07) is 9.72. The zero-order valence-corrected chi connectivity index (χ0v) is 14.5. The summed E-state index contributed by atoms with van der Waals surface area (Å²) in [4.78, 5) is 15.1. The SMILES string of the molecule is O=[N+]([O-])c1cnc2c(ccn2S(=O)(=O)c2ccccc2)c1NC1CCC1. The Morgan fingerprint density at radius 1 is 1.19 bits per heavy atom. The Labute approximate surface area is 149 Å². The van der Waals surface area contributed by atoms with E-state index in [1.807, 2.05) is 0 Å². The van der Waals surface area contributed by atoms with Gasteiger partial charge in [-0.05, 0) is 37.5 Å². The molecule has 0 atom stereocenters. The molecule has 2 aromatic heterocycles. The van der Waals surface area contributed by atoms with Gasteiger partial charge in [0.1, 0.15) is 11.9 Å². The molecule has 134 valence electrons. The molecule has 0 aliphatic heterocycles. The van der Waals surface area contributed by atoms with Gasteiger partial charge in [0.05, 0.1) is 15.2 Å². The highest BCUT2D eigenvalue weighted by molar-refractivity contribution is 7.90. The van der Waals surface area contributed by atoms with E-state index in [0.717, 1.165) is 29.4 Å². The first-order valence-corrected chi connectivity index (χ1v) is 9.64. The lowest BCUT2D eigenvalue weighted by Crippen LogP contribution is -2.27. The molecule has 1 aromatic carbocycles. The molecule has 1 fully saturated rings. The molecule has 0 amide bonds. The van der Waals surface area contributed by atoms with E-state index in [0.29, 0.717) is 11.1 Å². The summed E-state index contributed by atoms with van der Waals surface area (Å²) in [5.74, 6) is 0. The van der Waals surface area contributed by atoms with Crippen LogP contribution in [0.15, 0.2) is 53.7 Å². The van der Waals surface area contributed by atoms with Crippen molar-refractivity contribution in [3.8, 4) is 0 Å². The molecule has 0 unspecified atom stereocenters. The number of benzene rings is 1. The van der Waals surface area contributed by atoms with Crippen LogP contribution in [0.5, 0.6) is 0 Å². The van der Waals surface area contributed by atoms with E-state index in [9.17, 15) is 18.5 Å². The molecule has 8 nitrogen and oxygen atoms in total. The summed E-state index contributed by atoms with van der Waals surface area (Å²) in [6.07, 6.45) is 5.44. The predicted molar refractivity (Wildman–Crippen MR) is 96.7 cm³/mol.